The second-order valence-corrected chi connectivity index (χ2v) is 5.46. The van der Waals surface area contributed by atoms with Gasteiger partial charge in [0, 0.05) is 35.9 Å². The van der Waals surface area contributed by atoms with Crippen LogP contribution in [0.4, 0.5) is 0 Å². The number of nitrogens with zero attached hydrogens (tertiary/aromatic N) is 2. The maximum atomic E-state index is 12.6. The topological polar surface area (TPSA) is 116 Å². The van der Waals surface area contributed by atoms with Gasteiger partial charge in [0.15, 0.2) is 5.69 Å². The molecule has 126 valence electrons. The first-order chi connectivity index (χ1) is 11.5. The molecule has 8 nitrogen and oxygen atoms in total. The Morgan fingerprint density at radius 3 is 2.67 bits per heavy atom. The molecule has 0 fully saturated rings. The van der Waals surface area contributed by atoms with Gasteiger partial charge in [0.1, 0.15) is 11.5 Å². The molecule has 3 N–H and O–H groups in total. The Morgan fingerprint density at radius 2 is 2.00 bits per heavy atom. The van der Waals surface area contributed by atoms with Gasteiger partial charge in [-0.2, -0.15) is 5.10 Å². The van der Waals surface area contributed by atoms with E-state index in [1.165, 1.54) is 17.0 Å². The number of aromatic hydroxyl groups is 2. The normalized spacial score (nSPS) is 13.5. The smallest absolute Gasteiger partial charge is 0.359 e. The number of benzene rings is 1. The summed E-state index contributed by atoms with van der Waals surface area (Å²) in [6, 6.07) is 3.73. The summed E-state index contributed by atoms with van der Waals surface area (Å²) in [5.74, 6) is -1.25. The van der Waals surface area contributed by atoms with Crippen molar-refractivity contribution in [3.8, 4) is 11.5 Å². The van der Waals surface area contributed by atoms with E-state index >= 15 is 0 Å². The van der Waals surface area contributed by atoms with Gasteiger partial charge in [-0.05, 0) is 19.1 Å². The van der Waals surface area contributed by atoms with Crippen molar-refractivity contribution in [2.45, 2.75) is 19.9 Å². The van der Waals surface area contributed by atoms with Crippen molar-refractivity contribution in [2.75, 3.05) is 13.2 Å². The molecule has 24 heavy (non-hydrogen) atoms. The number of esters is 1. The van der Waals surface area contributed by atoms with E-state index in [1.807, 2.05) is 0 Å². The number of aromatic nitrogens is 2. The van der Waals surface area contributed by atoms with E-state index in [4.69, 9.17) is 4.74 Å². The zero-order valence-electron chi connectivity index (χ0n) is 13.1. The van der Waals surface area contributed by atoms with Crippen LogP contribution in [0.25, 0.3) is 0 Å². The van der Waals surface area contributed by atoms with Crippen LogP contribution in [0.15, 0.2) is 18.2 Å². The van der Waals surface area contributed by atoms with Crippen molar-refractivity contribution < 1.29 is 24.5 Å². The van der Waals surface area contributed by atoms with Gasteiger partial charge in [-0.15, -0.1) is 0 Å². The van der Waals surface area contributed by atoms with Gasteiger partial charge < -0.3 is 19.8 Å². The molecule has 8 heteroatoms. The van der Waals surface area contributed by atoms with Gasteiger partial charge in [0.2, 0.25) is 0 Å². The van der Waals surface area contributed by atoms with Crippen LogP contribution in [0.5, 0.6) is 11.5 Å². The molecule has 0 atom stereocenters. The lowest BCUT2D eigenvalue weighted by Gasteiger charge is -2.27. The van der Waals surface area contributed by atoms with Gasteiger partial charge in [-0.3, -0.25) is 9.89 Å². The highest BCUT2D eigenvalue weighted by molar-refractivity contribution is 5.95. The fraction of sp³-hybridized carbons (Fsp3) is 0.312. The molecule has 0 saturated heterocycles. The van der Waals surface area contributed by atoms with E-state index in [0.29, 0.717) is 18.5 Å². The number of carbonyl (C=O) groups excluding carboxylic acids is 2. The minimum atomic E-state index is -0.528. The third kappa shape index (κ3) is 2.90. The van der Waals surface area contributed by atoms with E-state index in [-0.39, 0.29) is 41.8 Å². The quantitative estimate of drug-likeness (QED) is 0.728. The number of carbonyl (C=O) groups is 2. The van der Waals surface area contributed by atoms with Gasteiger partial charge in [-0.1, -0.05) is 0 Å². The number of hydrogen-bond donors (Lipinski definition) is 3. The number of ether oxygens (including phenoxy) is 1. The second-order valence-electron chi connectivity index (χ2n) is 5.46. The van der Waals surface area contributed by atoms with Crippen LogP contribution in [0.1, 0.15) is 39.0 Å². The fourth-order valence-electron chi connectivity index (χ4n) is 2.74. The lowest BCUT2D eigenvalue weighted by Crippen LogP contribution is -2.36. The Bertz CT molecular complexity index is 779. The lowest BCUT2D eigenvalue weighted by atomic mass is 10.0. The largest absolute Gasteiger partial charge is 0.508 e. The van der Waals surface area contributed by atoms with Gasteiger partial charge in [0.25, 0.3) is 5.91 Å². The summed E-state index contributed by atoms with van der Waals surface area (Å²) in [6.45, 7) is 2.59. The summed E-state index contributed by atoms with van der Waals surface area (Å²) in [5, 5.41) is 25.9. The minimum absolute atomic E-state index is 0.178. The van der Waals surface area contributed by atoms with Crippen molar-refractivity contribution in [1.29, 1.82) is 0 Å². The Hall–Kier alpha value is -3.03. The summed E-state index contributed by atoms with van der Waals surface area (Å²) in [6.07, 6.45) is 0.526. The molecule has 0 radical (unpaired) electrons. The highest BCUT2D eigenvalue weighted by atomic mass is 16.5. The molecule has 1 aliphatic heterocycles. The SMILES string of the molecule is CCOC(=O)c1n[nH]c2c1CN(C(=O)c1cc(O)cc(O)c1)CC2. The molecule has 1 aromatic carbocycles. The molecule has 1 aliphatic rings. The van der Waals surface area contributed by atoms with Crippen molar-refractivity contribution in [3.63, 3.8) is 0 Å². The van der Waals surface area contributed by atoms with Crippen LogP contribution < -0.4 is 0 Å². The summed E-state index contributed by atoms with van der Waals surface area (Å²) in [4.78, 5) is 26.1. The number of fused-ring (bicyclic) bond motifs is 1. The van der Waals surface area contributed by atoms with Crippen LogP contribution in [0.3, 0.4) is 0 Å². The number of aromatic amines is 1. The number of hydrogen-bond acceptors (Lipinski definition) is 6. The van der Waals surface area contributed by atoms with Crippen molar-refractivity contribution in [2.24, 2.45) is 0 Å². The van der Waals surface area contributed by atoms with Crippen molar-refractivity contribution in [3.05, 3.63) is 40.7 Å². The molecule has 0 saturated carbocycles. The number of H-pyrrole nitrogens is 1. The van der Waals surface area contributed by atoms with E-state index in [2.05, 4.69) is 10.2 Å². The van der Waals surface area contributed by atoms with Crippen LogP contribution in [0.2, 0.25) is 0 Å². The van der Waals surface area contributed by atoms with Gasteiger partial charge in [-0.25, -0.2) is 4.79 Å². The number of amides is 1. The maximum Gasteiger partial charge on any atom is 0.359 e. The Kier molecular flexibility index (Phi) is 4.11. The van der Waals surface area contributed by atoms with Gasteiger partial charge in [0.05, 0.1) is 13.2 Å². The van der Waals surface area contributed by atoms with Crippen LogP contribution in [-0.2, 0) is 17.7 Å². The van der Waals surface area contributed by atoms with E-state index in [0.717, 1.165) is 11.8 Å². The number of phenolic OH excluding ortho intramolecular Hbond substituents is 2. The molecule has 0 aliphatic carbocycles. The standard InChI is InChI=1S/C16H17N3O5/c1-2-24-16(23)14-12-8-19(4-3-13(12)17-18-14)15(22)9-5-10(20)7-11(21)6-9/h5-7,20-21H,2-4,8H2,1H3,(H,17,18). The van der Waals surface area contributed by atoms with Crippen molar-refractivity contribution >= 4 is 11.9 Å². The summed E-state index contributed by atoms with van der Waals surface area (Å²) in [5.41, 5.74) is 1.80. The molecule has 1 amide bonds. The molecule has 2 heterocycles. The summed E-state index contributed by atoms with van der Waals surface area (Å²) >= 11 is 0. The van der Waals surface area contributed by atoms with Crippen LogP contribution >= 0.6 is 0 Å². The first-order valence-electron chi connectivity index (χ1n) is 7.55. The highest BCUT2D eigenvalue weighted by Gasteiger charge is 2.29. The van der Waals surface area contributed by atoms with Crippen LogP contribution in [-0.4, -0.2) is 50.3 Å². The van der Waals surface area contributed by atoms with Crippen molar-refractivity contribution in [1.82, 2.24) is 15.1 Å². The third-order valence-corrected chi connectivity index (χ3v) is 3.84. The van der Waals surface area contributed by atoms with Crippen LogP contribution in [0, 0.1) is 0 Å². The second kappa shape index (κ2) is 6.23. The molecule has 0 spiro atoms. The first kappa shape index (κ1) is 15.9. The third-order valence-electron chi connectivity index (χ3n) is 3.84. The molecule has 1 aromatic heterocycles. The van der Waals surface area contributed by atoms with Gasteiger partial charge >= 0.3 is 5.97 Å². The fourth-order valence-corrected chi connectivity index (χ4v) is 2.74. The monoisotopic (exact) mass is 331 g/mol. The molecule has 3 rings (SSSR count). The Morgan fingerprint density at radius 1 is 1.29 bits per heavy atom. The number of phenols is 2. The maximum absolute atomic E-state index is 12.6. The lowest BCUT2D eigenvalue weighted by molar-refractivity contribution is 0.0513. The number of nitrogens with one attached hydrogen (secondary N) is 1. The first-order valence-corrected chi connectivity index (χ1v) is 7.55. The van der Waals surface area contributed by atoms with E-state index < -0.39 is 5.97 Å². The Labute approximate surface area is 137 Å². The Balaban J connectivity index is 1.85. The molecular weight excluding hydrogens is 314 g/mol. The summed E-state index contributed by atoms with van der Waals surface area (Å²) in [7, 11) is 0. The zero-order chi connectivity index (χ0) is 17.3. The average Bonchev–Trinajstić information content (AvgIpc) is 2.96. The zero-order valence-corrected chi connectivity index (χ0v) is 13.1. The molecular formula is C16H17N3O5. The minimum Gasteiger partial charge on any atom is -0.508 e. The molecule has 2 aromatic rings. The average molecular weight is 331 g/mol. The van der Waals surface area contributed by atoms with E-state index in [9.17, 15) is 19.8 Å². The van der Waals surface area contributed by atoms with E-state index in [1.54, 1.807) is 6.92 Å². The molecule has 0 bridgehead atoms. The predicted molar refractivity (Wildman–Crippen MR) is 82.8 cm³/mol. The molecule has 0 unspecified atom stereocenters. The predicted octanol–water partition coefficient (Wildman–Crippen LogP) is 1.20. The number of rotatable bonds is 3. The summed E-state index contributed by atoms with van der Waals surface area (Å²) < 4.78 is 4.97. The highest BCUT2D eigenvalue weighted by Crippen LogP contribution is 2.25.